The molecule has 0 spiro atoms. The summed E-state index contributed by atoms with van der Waals surface area (Å²) >= 11 is 0. The van der Waals surface area contributed by atoms with Crippen LogP contribution in [0.4, 0.5) is 0 Å². The number of nitrogens with zero attached hydrogens (tertiary/aromatic N) is 1. The van der Waals surface area contributed by atoms with Gasteiger partial charge in [-0.25, -0.2) is 0 Å². The van der Waals surface area contributed by atoms with E-state index in [1.54, 1.807) is 13.8 Å². The van der Waals surface area contributed by atoms with Crippen LogP contribution in [0.5, 0.6) is 0 Å². The summed E-state index contributed by atoms with van der Waals surface area (Å²) in [5.74, 6) is -0.808. The van der Waals surface area contributed by atoms with Crippen molar-refractivity contribution in [2.45, 2.75) is 25.8 Å². The first-order valence-electron chi connectivity index (χ1n) is 4.49. The minimum absolute atomic E-state index is 0.734. The zero-order valence-electron chi connectivity index (χ0n) is 8.92. The second-order valence-electron chi connectivity index (χ2n) is 4.01. The van der Waals surface area contributed by atoms with Crippen LogP contribution >= 0.6 is 0 Å². The number of rotatable bonds is 6. The average Bonchev–Trinajstić information content (AvgIpc) is 1.97. The van der Waals surface area contributed by atoms with Crippen molar-refractivity contribution in [1.82, 2.24) is 10.2 Å². The zero-order chi connectivity index (χ0) is 10.5. The lowest BCUT2D eigenvalue weighted by atomic mass is 10.1. The Morgan fingerprint density at radius 1 is 1.46 bits per heavy atom. The molecule has 0 aromatic carbocycles. The maximum atomic E-state index is 10.7. The molecule has 78 valence electrons. The Balaban J connectivity index is 3.58. The number of aliphatic carboxylic acids is 1. The molecule has 0 rings (SSSR count). The molecule has 0 aliphatic carbocycles. The van der Waals surface area contributed by atoms with Crippen molar-refractivity contribution in [2.75, 3.05) is 27.2 Å². The number of nitrogens with one attached hydrogen (secondary N) is 1. The van der Waals surface area contributed by atoms with Gasteiger partial charge in [-0.2, -0.15) is 0 Å². The first kappa shape index (κ1) is 12.4. The summed E-state index contributed by atoms with van der Waals surface area (Å²) in [5, 5.41) is 11.8. The van der Waals surface area contributed by atoms with Gasteiger partial charge in [0.1, 0.15) is 5.54 Å². The van der Waals surface area contributed by atoms with E-state index in [-0.39, 0.29) is 0 Å². The summed E-state index contributed by atoms with van der Waals surface area (Å²) in [5.41, 5.74) is -0.813. The molecule has 4 heteroatoms. The third-order valence-electron chi connectivity index (χ3n) is 1.88. The van der Waals surface area contributed by atoms with Gasteiger partial charge >= 0.3 is 5.97 Å². The lowest BCUT2D eigenvalue weighted by Gasteiger charge is -2.21. The van der Waals surface area contributed by atoms with Crippen molar-refractivity contribution in [3.8, 4) is 0 Å². The molecule has 0 aliphatic rings. The largest absolute Gasteiger partial charge is 0.480 e. The van der Waals surface area contributed by atoms with E-state index in [1.807, 2.05) is 14.1 Å². The van der Waals surface area contributed by atoms with Gasteiger partial charge in [-0.15, -0.1) is 0 Å². The number of hydrogen-bond acceptors (Lipinski definition) is 3. The molecule has 4 nitrogen and oxygen atoms in total. The smallest absolute Gasteiger partial charge is 0.323 e. The van der Waals surface area contributed by atoms with Gasteiger partial charge in [-0.05, 0) is 47.5 Å². The van der Waals surface area contributed by atoms with E-state index in [2.05, 4.69) is 10.2 Å². The monoisotopic (exact) mass is 188 g/mol. The lowest BCUT2D eigenvalue weighted by molar-refractivity contribution is -0.143. The Morgan fingerprint density at radius 2 is 2.00 bits per heavy atom. The molecule has 2 N–H and O–H groups in total. The van der Waals surface area contributed by atoms with Gasteiger partial charge in [0.25, 0.3) is 0 Å². The van der Waals surface area contributed by atoms with Gasteiger partial charge in [-0.1, -0.05) is 0 Å². The molecule has 0 saturated heterocycles. The van der Waals surface area contributed by atoms with Crippen LogP contribution in [-0.4, -0.2) is 48.7 Å². The quantitative estimate of drug-likeness (QED) is 0.592. The fourth-order valence-corrected chi connectivity index (χ4v) is 0.872. The molecule has 0 radical (unpaired) electrons. The van der Waals surface area contributed by atoms with E-state index in [0.717, 1.165) is 19.5 Å². The number of carbonyl (C=O) groups is 1. The predicted octanol–water partition coefficient (Wildman–Crippen LogP) is 0.391. The molecule has 13 heavy (non-hydrogen) atoms. The van der Waals surface area contributed by atoms with Crippen LogP contribution in [0.3, 0.4) is 0 Å². The standard InChI is InChI=1S/C9H20N2O2/c1-9(2,8(12)13)10-6-5-7-11(3)4/h10H,5-7H2,1-4H3,(H,12,13). The van der Waals surface area contributed by atoms with Crippen molar-refractivity contribution >= 4 is 5.97 Å². The Labute approximate surface area is 79.9 Å². The average molecular weight is 188 g/mol. The molecular weight excluding hydrogens is 168 g/mol. The number of carboxylic acid groups (broad SMARTS) is 1. The summed E-state index contributed by atoms with van der Waals surface area (Å²) < 4.78 is 0. The first-order valence-corrected chi connectivity index (χ1v) is 4.49. The maximum Gasteiger partial charge on any atom is 0.323 e. The molecule has 0 heterocycles. The number of hydrogen-bond donors (Lipinski definition) is 2. The van der Waals surface area contributed by atoms with Gasteiger partial charge in [0.15, 0.2) is 0 Å². The Bertz CT molecular complexity index is 167. The molecule has 0 unspecified atom stereocenters. The van der Waals surface area contributed by atoms with Gasteiger partial charge in [0.2, 0.25) is 0 Å². The third-order valence-corrected chi connectivity index (χ3v) is 1.88. The summed E-state index contributed by atoms with van der Waals surface area (Å²) in [4.78, 5) is 12.8. The second kappa shape index (κ2) is 5.19. The molecule has 0 bridgehead atoms. The molecule has 0 fully saturated rings. The highest BCUT2D eigenvalue weighted by molar-refractivity contribution is 5.77. The van der Waals surface area contributed by atoms with Crippen LogP contribution in [0, 0.1) is 0 Å². The van der Waals surface area contributed by atoms with E-state index in [9.17, 15) is 4.79 Å². The van der Waals surface area contributed by atoms with Crippen LogP contribution in [0.1, 0.15) is 20.3 Å². The normalized spacial score (nSPS) is 12.1. The summed E-state index contributed by atoms with van der Waals surface area (Å²) in [6, 6.07) is 0. The van der Waals surface area contributed by atoms with Gasteiger partial charge in [-0.3, -0.25) is 4.79 Å². The predicted molar refractivity (Wildman–Crippen MR) is 52.9 cm³/mol. The Morgan fingerprint density at radius 3 is 2.38 bits per heavy atom. The highest BCUT2D eigenvalue weighted by Crippen LogP contribution is 2.01. The van der Waals surface area contributed by atoms with E-state index in [4.69, 9.17) is 5.11 Å². The van der Waals surface area contributed by atoms with Crippen molar-refractivity contribution in [3.05, 3.63) is 0 Å². The van der Waals surface area contributed by atoms with Crippen LogP contribution in [0.2, 0.25) is 0 Å². The Kier molecular flexibility index (Phi) is 4.95. The zero-order valence-corrected chi connectivity index (χ0v) is 8.92. The Hall–Kier alpha value is -0.610. The SMILES string of the molecule is CN(C)CCCNC(C)(C)C(=O)O. The molecular formula is C9H20N2O2. The van der Waals surface area contributed by atoms with Gasteiger partial charge in [0, 0.05) is 0 Å². The molecule has 0 aliphatic heterocycles. The second-order valence-corrected chi connectivity index (χ2v) is 4.01. The summed E-state index contributed by atoms with van der Waals surface area (Å²) in [6.07, 6.45) is 0.962. The van der Waals surface area contributed by atoms with E-state index in [0.29, 0.717) is 0 Å². The van der Waals surface area contributed by atoms with Crippen LogP contribution in [0.25, 0.3) is 0 Å². The topological polar surface area (TPSA) is 52.6 Å². The minimum atomic E-state index is -0.813. The molecule has 0 aromatic heterocycles. The van der Waals surface area contributed by atoms with Crippen molar-refractivity contribution in [2.24, 2.45) is 0 Å². The summed E-state index contributed by atoms with van der Waals surface area (Å²) in [6.45, 7) is 5.05. The molecule has 0 atom stereocenters. The van der Waals surface area contributed by atoms with Crippen molar-refractivity contribution in [1.29, 1.82) is 0 Å². The van der Waals surface area contributed by atoms with Gasteiger partial charge < -0.3 is 15.3 Å². The highest BCUT2D eigenvalue weighted by atomic mass is 16.4. The van der Waals surface area contributed by atoms with E-state index in [1.165, 1.54) is 0 Å². The number of carboxylic acids is 1. The van der Waals surface area contributed by atoms with E-state index < -0.39 is 11.5 Å². The molecule has 0 aromatic rings. The highest BCUT2D eigenvalue weighted by Gasteiger charge is 2.25. The van der Waals surface area contributed by atoms with Crippen LogP contribution in [-0.2, 0) is 4.79 Å². The molecule has 0 saturated carbocycles. The maximum absolute atomic E-state index is 10.7. The lowest BCUT2D eigenvalue weighted by Crippen LogP contribution is -2.47. The van der Waals surface area contributed by atoms with Crippen molar-refractivity contribution < 1.29 is 9.90 Å². The van der Waals surface area contributed by atoms with Gasteiger partial charge in [0.05, 0.1) is 0 Å². The van der Waals surface area contributed by atoms with Crippen LogP contribution in [0.15, 0.2) is 0 Å². The fourth-order valence-electron chi connectivity index (χ4n) is 0.872. The minimum Gasteiger partial charge on any atom is -0.480 e. The first-order chi connectivity index (χ1) is 5.86. The van der Waals surface area contributed by atoms with Crippen LogP contribution < -0.4 is 5.32 Å². The van der Waals surface area contributed by atoms with Crippen molar-refractivity contribution in [3.63, 3.8) is 0 Å². The fraction of sp³-hybridized carbons (Fsp3) is 0.889. The molecule has 0 amide bonds. The van der Waals surface area contributed by atoms with E-state index >= 15 is 0 Å². The third kappa shape index (κ3) is 5.60. The summed E-state index contributed by atoms with van der Waals surface area (Å²) in [7, 11) is 4.00.